The van der Waals surface area contributed by atoms with Crippen LogP contribution in [-0.2, 0) is 11.4 Å². The summed E-state index contributed by atoms with van der Waals surface area (Å²) in [7, 11) is 0. The highest BCUT2D eigenvalue weighted by molar-refractivity contribution is 5.91. The minimum atomic E-state index is -0.617. The van der Waals surface area contributed by atoms with Crippen LogP contribution < -0.4 is 10.1 Å². The molecular weight excluding hydrogens is 290 g/mol. The predicted molar refractivity (Wildman–Crippen MR) is 91.3 cm³/mol. The van der Waals surface area contributed by atoms with Crippen molar-refractivity contribution in [1.82, 2.24) is 0 Å². The normalized spacial score (nSPS) is 12.0. The molecule has 0 aliphatic rings. The summed E-state index contributed by atoms with van der Waals surface area (Å²) in [5.41, 5.74) is 1.74. The van der Waals surface area contributed by atoms with Gasteiger partial charge in [-0.1, -0.05) is 44.2 Å². The molecular formula is C19H23NO3. The molecule has 0 fully saturated rings. The minimum absolute atomic E-state index is 0.0678. The Morgan fingerprint density at radius 3 is 2.35 bits per heavy atom. The molecule has 0 spiro atoms. The lowest BCUT2D eigenvalue weighted by Crippen LogP contribution is -2.23. The molecule has 23 heavy (non-hydrogen) atoms. The molecule has 1 unspecified atom stereocenters. The number of aliphatic hydroxyl groups excluding tert-OH is 1. The summed E-state index contributed by atoms with van der Waals surface area (Å²) in [6.45, 7) is 4.25. The molecule has 0 saturated heterocycles. The fourth-order valence-corrected chi connectivity index (χ4v) is 2.01. The Kier molecular flexibility index (Phi) is 6.18. The van der Waals surface area contributed by atoms with Crippen LogP contribution in [0.1, 0.15) is 25.8 Å². The molecule has 2 N–H and O–H groups in total. The molecule has 2 rings (SSSR count). The van der Waals surface area contributed by atoms with Gasteiger partial charge in [0.1, 0.15) is 12.4 Å². The number of rotatable bonds is 7. The van der Waals surface area contributed by atoms with Gasteiger partial charge >= 0.3 is 0 Å². The summed E-state index contributed by atoms with van der Waals surface area (Å²) in [6.07, 6.45) is -0.509. The predicted octanol–water partition coefficient (Wildman–Crippen LogP) is 3.61. The molecule has 0 heterocycles. The van der Waals surface area contributed by atoms with Gasteiger partial charge in [-0.3, -0.25) is 4.79 Å². The van der Waals surface area contributed by atoms with Crippen molar-refractivity contribution < 1.29 is 14.6 Å². The quantitative estimate of drug-likeness (QED) is 0.821. The van der Waals surface area contributed by atoms with Gasteiger partial charge in [0.15, 0.2) is 0 Å². The van der Waals surface area contributed by atoms with Gasteiger partial charge in [0.05, 0.1) is 12.5 Å². The SMILES string of the molecule is CC(C)C(O)CC(=O)Nc1ccc(COc2ccccc2)cc1. The Labute approximate surface area is 137 Å². The molecule has 0 bridgehead atoms. The molecule has 0 saturated carbocycles. The van der Waals surface area contributed by atoms with Crippen LogP contribution in [0.25, 0.3) is 0 Å². The lowest BCUT2D eigenvalue weighted by atomic mass is 10.0. The molecule has 2 aromatic rings. The topological polar surface area (TPSA) is 58.6 Å². The maximum Gasteiger partial charge on any atom is 0.226 e. The van der Waals surface area contributed by atoms with Gasteiger partial charge in [-0.25, -0.2) is 0 Å². The Bertz CT molecular complexity index is 608. The van der Waals surface area contributed by atoms with E-state index in [4.69, 9.17) is 4.74 Å². The Morgan fingerprint density at radius 2 is 1.74 bits per heavy atom. The third-order valence-corrected chi connectivity index (χ3v) is 3.55. The van der Waals surface area contributed by atoms with Crippen molar-refractivity contribution in [3.05, 3.63) is 60.2 Å². The number of ether oxygens (including phenoxy) is 1. The highest BCUT2D eigenvalue weighted by Gasteiger charge is 2.14. The lowest BCUT2D eigenvalue weighted by molar-refractivity contribution is -0.118. The van der Waals surface area contributed by atoms with Crippen LogP contribution in [0.4, 0.5) is 5.69 Å². The molecule has 0 aromatic heterocycles. The third-order valence-electron chi connectivity index (χ3n) is 3.55. The second kappa shape index (κ2) is 8.34. The summed E-state index contributed by atoms with van der Waals surface area (Å²) in [4.78, 5) is 11.8. The number of hydrogen-bond acceptors (Lipinski definition) is 3. The van der Waals surface area contributed by atoms with Crippen LogP contribution in [-0.4, -0.2) is 17.1 Å². The second-order valence-corrected chi connectivity index (χ2v) is 5.86. The average molecular weight is 313 g/mol. The molecule has 0 radical (unpaired) electrons. The van der Waals surface area contributed by atoms with Gasteiger partial charge in [0.25, 0.3) is 0 Å². The third kappa shape index (κ3) is 5.75. The standard InChI is InChI=1S/C19H23NO3/c1-14(2)18(21)12-19(22)20-16-10-8-15(9-11-16)13-23-17-6-4-3-5-7-17/h3-11,14,18,21H,12-13H2,1-2H3,(H,20,22). The first-order chi connectivity index (χ1) is 11.0. The number of amides is 1. The fourth-order valence-electron chi connectivity index (χ4n) is 2.01. The Hall–Kier alpha value is -2.33. The molecule has 0 aliphatic carbocycles. The average Bonchev–Trinajstić information content (AvgIpc) is 2.55. The van der Waals surface area contributed by atoms with E-state index in [1.165, 1.54) is 0 Å². The zero-order valence-corrected chi connectivity index (χ0v) is 13.5. The molecule has 1 amide bonds. The summed E-state index contributed by atoms with van der Waals surface area (Å²) in [6, 6.07) is 17.1. The van der Waals surface area contributed by atoms with Crippen molar-refractivity contribution in [3.8, 4) is 5.75 Å². The number of nitrogens with one attached hydrogen (secondary N) is 1. The molecule has 2 aromatic carbocycles. The number of aliphatic hydroxyl groups is 1. The van der Waals surface area contributed by atoms with Crippen LogP contribution in [0.5, 0.6) is 5.75 Å². The summed E-state index contributed by atoms with van der Waals surface area (Å²) in [5.74, 6) is 0.713. The zero-order chi connectivity index (χ0) is 16.7. The highest BCUT2D eigenvalue weighted by Crippen LogP contribution is 2.15. The molecule has 0 aliphatic heterocycles. The van der Waals surface area contributed by atoms with E-state index in [2.05, 4.69) is 5.32 Å². The van der Waals surface area contributed by atoms with Crippen molar-refractivity contribution >= 4 is 11.6 Å². The van der Waals surface area contributed by atoms with Crippen LogP contribution in [0.2, 0.25) is 0 Å². The summed E-state index contributed by atoms with van der Waals surface area (Å²) >= 11 is 0. The fraction of sp³-hybridized carbons (Fsp3) is 0.316. The monoisotopic (exact) mass is 313 g/mol. The highest BCUT2D eigenvalue weighted by atomic mass is 16.5. The van der Waals surface area contributed by atoms with E-state index in [-0.39, 0.29) is 18.2 Å². The Balaban J connectivity index is 1.83. The van der Waals surface area contributed by atoms with Crippen LogP contribution >= 0.6 is 0 Å². The van der Waals surface area contributed by atoms with Crippen molar-refractivity contribution in [3.63, 3.8) is 0 Å². The number of anilines is 1. The van der Waals surface area contributed by atoms with E-state index in [1.54, 1.807) is 0 Å². The van der Waals surface area contributed by atoms with Crippen molar-refractivity contribution in [2.24, 2.45) is 5.92 Å². The summed E-state index contributed by atoms with van der Waals surface area (Å²) < 4.78 is 5.67. The second-order valence-electron chi connectivity index (χ2n) is 5.86. The van der Waals surface area contributed by atoms with Gasteiger partial charge in [0.2, 0.25) is 5.91 Å². The van der Waals surface area contributed by atoms with Gasteiger partial charge in [0, 0.05) is 5.69 Å². The van der Waals surface area contributed by atoms with E-state index >= 15 is 0 Å². The van der Waals surface area contributed by atoms with Gasteiger partial charge in [-0.15, -0.1) is 0 Å². The van der Waals surface area contributed by atoms with Gasteiger partial charge in [-0.2, -0.15) is 0 Å². The largest absolute Gasteiger partial charge is 0.489 e. The minimum Gasteiger partial charge on any atom is -0.489 e. The maximum absolute atomic E-state index is 11.8. The number of hydrogen-bond donors (Lipinski definition) is 2. The number of para-hydroxylation sites is 1. The molecule has 122 valence electrons. The van der Waals surface area contributed by atoms with Crippen LogP contribution in [0, 0.1) is 5.92 Å². The molecule has 4 nitrogen and oxygen atoms in total. The smallest absolute Gasteiger partial charge is 0.226 e. The van der Waals surface area contributed by atoms with Gasteiger partial charge in [-0.05, 0) is 35.7 Å². The number of benzene rings is 2. The van der Waals surface area contributed by atoms with E-state index in [1.807, 2.05) is 68.4 Å². The summed E-state index contributed by atoms with van der Waals surface area (Å²) in [5, 5.41) is 12.5. The molecule has 4 heteroatoms. The van der Waals surface area contributed by atoms with Crippen LogP contribution in [0.3, 0.4) is 0 Å². The van der Waals surface area contributed by atoms with Crippen molar-refractivity contribution in [2.75, 3.05) is 5.32 Å². The zero-order valence-electron chi connectivity index (χ0n) is 13.5. The first kappa shape index (κ1) is 17.0. The van der Waals surface area contributed by atoms with Crippen molar-refractivity contribution in [1.29, 1.82) is 0 Å². The van der Waals surface area contributed by atoms with E-state index in [9.17, 15) is 9.90 Å². The van der Waals surface area contributed by atoms with E-state index < -0.39 is 6.10 Å². The van der Waals surface area contributed by atoms with Crippen LogP contribution in [0.15, 0.2) is 54.6 Å². The maximum atomic E-state index is 11.8. The number of carbonyl (C=O) groups excluding carboxylic acids is 1. The van der Waals surface area contributed by atoms with E-state index in [0.717, 1.165) is 17.0 Å². The van der Waals surface area contributed by atoms with E-state index in [0.29, 0.717) is 6.61 Å². The number of carbonyl (C=O) groups is 1. The van der Waals surface area contributed by atoms with Gasteiger partial charge < -0.3 is 15.2 Å². The van der Waals surface area contributed by atoms with Crippen molar-refractivity contribution in [2.45, 2.75) is 33.0 Å². The molecule has 1 atom stereocenters. The first-order valence-electron chi connectivity index (χ1n) is 7.79. The first-order valence-corrected chi connectivity index (χ1v) is 7.79. The lowest BCUT2D eigenvalue weighted by Gasteiger charge is -2.14. The Morgan fingerprint density at radius 1 is 1.09 bits per heavy atom.